The number of pyridine rings is 1. The molecule has 0 spiro atoms. The number of alkyl halides is 3. The molecule has 7 nitrogen and oxygen atoms in total. The number of hydrogen-bond donors (Lipinski definition) is 2. The second-order valence-electron chi connectivity index (χ2n) is 3.66. The Morgan fingerprint density at radius 1 is 1.48 bits per heavy atom. The highest BCUT2D eigenvalue weighted by Crippen LogP contribution is 2.31. The van der Waals surface area contributed by atoms with Gasteiger partial charge < -0.3 is 15.9 Å². The van der Waals surface area contributed by atoms with Gasteiger partial charge in [0.15, 0.2) is 6.61 Å². The van der Waals surface area contributed by atoms with Crippen LogP contribution in [0, 0.1) is 0 Å². The molecular formula is C11H11F3N4O3. The molecule has 1 aromatic heterocycles. The van der Waals surface area contributed by atoms with Crippen molar-refractivity contribution in [3.05, 3.63) is 29.6 Å². The van der Waals surface area contributed by atoms with E-state index in [9.17, 15) is 22.8 Å². The fraction of sp³-hybridized carbons (Fsp3) is 0.273. The van der Waals surface area contributed by atoms with Crippen molar-refractivity contribution in [3.8, 4) is 0 Å². The molecule has 0 aliphatic carbocycles. The molecule has 0 fully saturated rings. The first-order valence-electron chi connectivity index (χ1n) is 5.54. The van der Waals surface area contributed by atoms with E-state index in [0.717, 1.165) is 18.6 Å². The van der Waals surface area contributed by atoms with Crippen LogP contribution in [0.5, 0.6) is 0 Å². The van der Waals surface area contributed by atoms with Crippen LogP contribution in [0.3, 0.4) is 0 Å². The average Bonchev–Trinajstić information content (AvgIpc) is 2.41. The van der Waals surface area contributed by atoms with E-state index in [0.29, 0.717) is 6.07 Å². The minimum atomic E-state index is -4.66. The molecule has 0 atom stereocenters. The van der Waals surface area contributed by atoms with Gasteiger partial charge in [-0.15, -0.1) is 0 Å². The van der Waals surface area contributed by atoms with Crippen LogP contribution in [0.25, 0.3) is 0 Å². The maximum atomic E-state index is 12.7. The van der Waals surface area contributed by atoms with Gasteiger partial charge in [0.1, 0.15) is 0 Å². The Morgan fingerprint density at radius 2 is 2.19 bits per heavy atom. The highest BCUT2D eigenvalue weighted by atomic mass is 19.4. The lowest BCUT2D eigenvalue weighted by Gasteiger charge is -2.11. The third-order valence-corrected chi connectivity index (χ3v) is 2.08. The predicted molar refractivity (Wildman–Crippen MR) is 65.2 cm³/mol. The molecular weight excluding hydrogens is 293 g/mol. The summed E-state index contributed by atoms with van der Waals surface area (Å²) in [5.74, 6) is -1.70. The van der Waals surface area contributed by atoms with Crippen molar-refractivity contribution in [2.45, 2.75) is 6.18 Å². The Morgan fingerprint density at radius 3 is 2.81 bits per heavy atom. The summed E-state index contributed by atoms with van der Waals surface area (Å²) in [5, 5.41) is 5.45. The zero-order valence-corrected chi connectivity index (χ0v) is 10.6. The maximum Gasteiger partial charge on any atom is 0.417 e. The van der Waals surface area contributed by atoms with Crippen LogP contribution >= 0.6 is 0 Å². The lowest BCUT2D eigenvalue weighted by atomic mass is 10.1. The first-order chi connectivity index (χ1) is 9.82. The zero-order chi connectivity index (χ0) is 15.9. The SMILES string of the molecule is NC(=O)CON=CCNC(=O)c1cnccc1C(F)(F)F. The number of carbonyl (C=O) groups excluding carboxylic acids is 2. The van der Waals surface area contributed by atoms with Gasteiger partial charge in [-0.05, 0) is 6.07 Å². The summed E-state index contributed by atoms with van der Waals surface area (Å²) in [6.45, 7) is -0.630. The highest BCUT2D eigenvalue weighted by Gasteiger charge is 2.35. The van der Waals surface area contributed by atoms with Crippen molar-refractivity contribution in [1.29, 1.82) is 0 Å². The number of carbonyl (C=O) groups is 2. The number of hydrogen-bond acceptors (Lipinski definition) is 5. The van der Waals surface area contributed by atoms with Gasteiger partial charge in [0, 0.05) is 12.4 Å². The summed E-state index contributed by atoms with van der Waals surface area (Å²) in [4.78, 5) is 29.8. The standard InChI is InChI=1S/C11H11F3N4O3/c12-11(13,14)8-1-2-16-5-7(8)10(20)17-3-4-18-21-6-9(15)19/h1-2,4-5H,3,6H2,(H2,15,19)(H,17,20). The van der Waals surface area contributed by atoms with Gasteiger partial charge in [-0.1, -0.05) is 5.16 Å². The summed E-state index contributed by atoms with van der Waals surface area (Å²) >= 11 is 0. The topological polar surface area (TPSA) is 107 Å². The van der Waals surface area contributed by atoms with Crippen molar-refractivity contribution in [3.63, 3.8) is 0 Å². The second kappa shape index (κ2) is 7.22. The summed E-state index contributed by atoms with van der Waals surface area (Å²) in [7, 11) is 0. The van der Waals surface area contributed by atoms with Gasteiger partial charge in [0.25, 0.3) is 11.8 Å². The number of primary amides is 1. The minimum Gasteiger partial charge on any atom is -0.386 e. The van der Waals surface area contributed by atoms with E-state index in [1.54, 1.807) is 0 Å². The number of aromatic nitrogens is 1. The first-order valence-corrected chi connectivity index (χ1v) is 5.54. The first kappa shape index (κ1) is 16.4. The number of oxime groups is 1. The van der Waals surface area contributed by atoms with Gasteiger partial charge in [0.2, 0.25) is 0 Å². The molecule has 0 aliphatic heterocycles. The van der Waals surface area contributed by atoms with Gasteiger partial charge in [-0.3, -0.25) is 14.6 Å². The minimum absolute atomic E-state index is 0.191. The molecule has 1 heterocycles. The molecule has 1 rings (SSSR count). The third kappa shape index (κ3) is 5.47. The molecule has 0 aliphatic rings. The fourth-order valence-corrected chi connectivity index (χ4v) is 1.25. The number of halogens is 3. The number of rotatable bonds is 6. The molecule has 10 heteroatoms. The third-order valence-electron chi connectivity index (χ3n) is 2.08. The van der Waals surface area contributed by atoms with Crippen LogP contribution in [0.1, 0.15) is 15.9 Å². The predicted octanol–water partition coefficient (Wildman–Crippen LogP) is 0.318. The molecule has 0 radical (unpaired) electrons. The van der Waals surface area contributed by atoms with E-state index in [2.05, 4.69) is 20.3 Å². The van der Waals surface area contributed by atoms with Gasteiger partial charge in [-0.2, -0.15) is 13.2 Å². The van der Waals surface area contributed by atoms with Crippen molar-refractivity contribution in [2.75, 3.05) is 13.2 Å². The van der Waals surface area contributed by atoms with Crippen LogP contribution in [0.4, 0.5) is 13.2 Å². The molecule has 0 saturated carbocycles. The van der Waals surface area contributed by atoms with Crippen LogP contribution in [0.15, 0.2) is 23.6 Å². The summed E-state index contributed by atoms with van der Waals surface area (Å²) in [5.41, 5.74) is 3.08. The van der Waals surface area contributed by atoms with Crippen molar-refractivity contribution in [1.82, 2.24) is 10.3 Å². The van der Waals surface area contributed by atoms with E-state index in [4.69, 9.17) is 5.73 Å². The van der Waals surface area contributed by atoms with Gasteiger partial charge in [0.05, 0.1) is 23.9 Å². The molecule has 3 N–H and O–H groups in total. The maximum absolute atomic E-state index is 12.7. The van der Waals surface area contributed by atoms with E-state index in [-0.39, 0.29) is 6.54 Å². The quantitative estimate of drug-likeness (QED) is 0.583. The van der Waals surface area contributed by atoms with E-state index < -0.39 is 35.7 Å². The van der Waals surface area contributed by atoms with Crippen molar-refractivity contribution >= 4 is 18.0 Å². The molecule has 0 bridgehead atoms. The number of nitrogens with one attached hydrogen (secondary N) is 1. The second-order valence-corrected chi connectivity index (χ2v) is 3.66. The molecule has 114 valence electrons. The Labute approximate surface area is 117 Å². The highest BCUT2D eigenvalue weighted by molar-refractivity contribution is 5.96. The van der Waals surface area contributed by atoms with Crippen LogP contribution in [-0.4, -0.2) is 36.2 Å². The van der Waals surface area contributed by atoms with E-state index in [1.807, 2.05) is 0 Å². The fourth-order valence-electron chi connectivity index (χ4n) is 1.25. The van der Waals surface area contributed by atoms with E-state index in [1.165, 1.54) is 0 Å². The number of nitrogens with zero attached hydrogens (tertiary/aromatic N) is 2. The van der Waals surface area contributed by atoms with Crippen molar-refractivity contribution in [2.24, 2.45) is 10.9 Å². The van der Waals surface area contributed by atoms with E-state index >= 15 is 0 Å². The molecule has 0 aromatic carbocycles. The molecule has 0 unspecified atom stereocenters. The zero-order valence-electron chi connectivity index (χ0n) is 10.6. The van der Waals surface area contributed by atoms with Crippen LogP contribution < -0.4 is 11.1 Å². The summed E-state index contributed by atoms with van der Waals surface area (Å²) in [6, 6.07) is 0.707. The smallest absolute Gasteiger partial charge is 0.386 e. The van der Waals surface area contributed by atoms with Crippen LogP contribution in [-0.2, 0) is 15.8 Å². The number of nitrogens with two attached hydrogens (primary N) is 1. The molecule has 2 amide bonds. The monoisotopic (exact) mass is 304 g/mol. The largest absolute Gasteiger partial charge is 0.417 e. The Kier molecular flexibility index (Phi) is 5.64. The Hall–Kier alpha value is -2.65. The normalized spacial score (nSPS) is 11.4. The summed E-state index contributed by atoms with van der Waals surface area (Å²) < 4.78 is 38.0. The van der Waals surface area contributed by atoms with Crippen LogP contribution in [0.2, 0.25) is 0 Å². The summed E-state index contributed by atoms with van der Waals surface area (Å²) in [6.07, 6.45) is -1.84. The van der Waals surface area contributed by atoms with Gasteiger partial charge >= 0.3 is 6.18 Å². The molecule has 21 heavy (non-hydrogen) atoms. The average molecular weight is 304 g/mol. The molecule has 0 saturated heterocycles. The van der Waals surface area contributed by atoms with Crippen molar-refractivity contribution < 1.29 is 27.6 Å². The van der Waals surface area contributed by atoms with Gasteiger partial charge in [-0.25, -0.2) is 0 Å². The lowest BCUT2D eigenvalue weighted by molar-refractivity contribution is -0.138. The molecule has 1 aromatic rings. The Balaban J connectivity index is 2.59. The number of amides is 2. The Bertz CT molecular complexity index is 546. The lowest BCUT2D eigenvalue weighted by Crippen LogP contribution is -2.28.